The number of carbonyl (C=O) groups is 4. The third-order valence-electron chi connectivity index (χ3n) is 9.66. The topological polar surface area (TPSA) is 315 Å². The zero-order chi connectivity index (χ0) is 45.6. The van der Waals surface area contributed by atoms with E-state index in [1.54, 1.807) is 18.2 Å². The lowest BCUT2D eigenvalue weighted by Gasteiger charge is -2.25. The van der Waals surface area contributed by atoms with Crippen LogP contribution in [0.2, 0.25) is 0 Å². The number of aromatic amines is 1. The molecule has 0 bridgehead atoms. The van der Waals surface area contributed by atoms with Crippen LogP contribution in [-0.4, -0.2) is 78.1 Å². The molecule has 6 aromatic rings. The lowest BCUT2D eigenvalue weighted by atomic mass is 9.80. The number of fused-ring (bicyclic) bond motifs is 2. The molecule has 1 heterocycles. The van der Waals surface area contributed by atoms with Crippen LogP contribution in [0.3, 0.4) is 0 Å². The normalized spacial score (nSPS) is 13.0. The van der Waals surface area contributed by atoms with Gasteiger partial charge >= 0.3 is 5.97 Å². The molecule has 1 atom stereocenters. The summed E-state index contributed by atoms with van der Waals surface area (Å²) in [6.07, 6.45) is -0.378. The second-order valence-corrected chi connectivity index (χ2v) is 18.6. The number of anilines is 2. The first-order valence-corrected chi connectivity index (χ1v) is 23.1. The molecule has 7 rings (SSSR count). The minimum Gasteiger partial charge on any atom is -0.481 e. The molecule has 5 aromatic carbocycles. The van der Waals surface area contributed by atoms with Gasteiger partial charge in [-0.25, -0.2) is 0 Å². The van der Waals surface area contributed by atoms with Crippen molar-refractivity contribution < 1.29 is 72.4 Å². The molecule has 63 heavy (non-hydrogen) atoms. The molecule has 1 aliphatic carbocycles. The summed E-state index contributed by atoms with van der Waals surface area (Å²) in [4.78, 5) is 72.2. The van der Waals surface area contributed by atoms with Crippen molar-refractivity contribution in [1.82, 2.24) is 4.98 Å². The van der Waals surface area contributed by atoms with Crippen LogP contribution in [0.25, 0.3) is 22.0 Å². The molecule has 6 N–H and O–H groups in total. The Bertz CT molecular complexity index is 3330. The summed E-state index contributed by atoms with van der Waals surface area (Å²) >= 11 is 0.494. The largest absolute Gasteiger partial charge is 0.481 e. The quantitative estimate of drug-likeness (QED) is 0.0135. The van der Waals surface area contributed by atoms with Crippen molar-refractivity contribution in [1.29, 1.82) is 0 Å². The molecule has 1 unspecified atom stereocenters. The van der Waals surface area contributed by atoms with Crippen LogP contribution < -0.4 is 15.8 Å². The Labute approximate surface area is 360 Å². The zero-order valence-corrected chi connectivity index (χ0v) is 34.8. The number of H-pyrrole nitrogens is 1. The van der Waals surface area contributed by atoms with Gasteiger partial charge in [-0.2, -0.15) is 25.3 Å². The van der Waals surface area contributed by atoms with Gasteiger partial charge in [0.05, 0.1) is 32.9 Å². The molecule has 0 saturated heterocycles. The van der Waals surface area contributed by atoms with Crippen LogP contribution in [0, 0.1) is 5.92 Å². The minimum absolute atomic E-state index is 0.0439. The molecule has 0 saturated carbocycles. The van der Waals surface area contributed by atoms with Gasteiger partial charge in [0, 0.05) is 51.5 Å². The Kier molecular flexibility index (Phi) is 12.0. The zero-order valence-electron chi connectivity index (χ0n) is 31.5. The second kappa shape index (κ2) is 16.9. The maximum atomic E-state index is 14.4. The Morgan fingerprint density at radius 3 is 2.00 bits per heavy atom. The Morgan fingerprint density at radius 2 is 1.35 bits per heavy atom. The molecular weight excluding hydrogens is 909 g/mol. The molecule has 0 spiro atoms. The Morgan fingerprint density at radius 1 is 0.698 bits per heavy atom. The number of pyridine rings is 1. The summed E-state index contributed by atoms with van der Waals surface area (Å²) < 4.78 is 109. The number of carboxylic acid groups (broad SMARTS) is 1. The van der Waals surface area contributed by atoms with Crippen molar-refractivity contribution in [3.63, 3.8) is 0 Å². The van der Waals surface area contributed by atoms with E-state index in [2.05, 4.69) is 10.3 Å². The number of aromatic nitrogens is 1. The van der Waals surface area contributed by atoms with Gasteiger partial charge in [0.2, 0.25) is 0 Å². The average molecular weight is 937 g/mol. The van der Waals surface area contributed by atoms with Gasteiger partial charge in [-0.1, -0.05) is 66.7 Å². The van der Waals surface area contributed by atoms with E-state index in [9.17, 15) is 68.0 Å². The SMILES string of the molecule is O=C(c1ccccc1)c1c2c3c(c(Nc4cc(OOSCCC(C(=O)O)C(=O)c5cccc(S(=O)(=O)O)c5)ccc4S(=O)(=O)O)cc(S(=O)(=O)O)c3[nH]c1=O)C(=O)c1ccccc1-2. The smallest absolute Gasteiger partial charge is 0.314 e. The summed E-state index contributed by atoms with van der Waals surface area (Å²) in [5.41, 5.74) is -3.90. The van der Waals surface area contributed by atoms with Gasteiger partial charge < -0.3 is 20.3 Å². The van der Waals surface area contributed by atoms with Crippen molar-refractivity contribution >= 4 is 88.0 Å². The fraction of sp³-hybridized carbons (Fsp3) is 0.0750. The highest BCUT2D eigenvalue weighted by Crippen LogP contribution is 2.46. The maximum Gasteiger partial charge on any atom is 0.314 e. The van der Waals surface area contributed by atoms with Crippen LogP contribution in [0.5, 0.6) is 5.75 Å². The van der Waals surface area contributed by atoms with Crippen molar-refractivity contribution in [2.24, 2.45) is 5.92 Å². The number of hydrogen-bond donors (Lipinski definition) is 6. The Hall–Kier alpha value is -6.57. The number of aliphatic carboxylic acids is 1. The van der Waals surface area contributed by atoms with Gasteiger partial charge in [0.1, 0.15) is 15.7 Å². The molecule has 0 aliphatic heterocycles. The van der Waals surface area contributed by atoms with Crippen LogP contribution in [0.1, 0.15) is 48.6 Å². The van der Waals surface area contributed by atoms with Crippen molar-refractivity contribution in [2.45, 2.75) is 21.1 Å². The van der Waals surface area contributed by atoms with Crippen molar-refractivity contribution in [3.8, 4) is 16.9 Å². The van der Waals surface area contributed by atoms with Crippen LogP contribution in [-0.2, 0) is 39.5 Å². The first-order chi connectivity index (χ1) is 29.7. The first kappa shape index (κ1) is 44.5. The monoisotopic (exact) mass is 936 g/mol. The third-order valence-corrected chi connectivity index (χ3v) is 12.9. The van der Waals surface area contributed by atoms with Gasteiger partial charge in [-0.3, -0.25) is 37.6 Å². The number of nitrogens with one attached hydrogen (secondary N) is 2. The van der Waals surface area contributed by atoms with E-state index in [4.69, 9.17) is 9.22 Å². The highest BCUT2D eigenvalue weighted by atomic mass is 32.2. The lowest BCUT2D eigenvalue weighted by Crippen LogP contribution is -2.25. The molecule has 0 amide bonds. The van der Waals surface area contributed by atoms with Gasteiger partial charge in [-0.15, -0.1) is 4.33 Å². The number of carboxylic acids is 1. The van der Waals surface area contributed by atoms with Gasteiger partial charge in [0.15, 0.2) is 23.1 Å². The number of rotatable bonds is 16. The molecule has 324 valence electrons. The first-order valence-electron chi connectivity index (χ1n) is 17.8. The molecule has 1 aromatic heterocycles. The summed E-state index contributed by atoms with van der Waals surface area (Å²) in [7, 11) is -15.1. The summed E-state index contributed by atoms with van der Waals surface area (Å²) in [6, 6.07) is 21.1. The summed E-state index contributed by atoms with van der Waals surface area (Å²) in [6.45, 7) is 0. The highest BCUT2D eigenvalue weighted by molar-refractivity contribution is 7.94. The standard InChI is InChI=1S/C40H28N2O17S4/c43-36(21-9-6-10-23(17-21)61(49,50)51)26(40(47)48)15-16-60-59-58-22-13-14-29(62(52,53)54)27(18-22)41-28-19-30(63(55,56)57)35-33-31(24-11-4-5-12-25(24)38(45)32(28)33)34(39(46)42-35)37(44)20-7-2-1-3-8-20/h1-14,17-19,26,41H,15-16H2,(H,42,46)(H,47,48)(H,49,50,51)(H,52,53,54)(H,55,56,57). The van der Waals surface area contributed by atoms with Gasteiger partial charge in [-0.05, 0) is 42.3 Å². The Balaban J connectivity index is 1.25. The van der Waals surface area contributed by atoms with E-state index in [0.717, 1.165) is 48.5 Å². The lowest BCUT2D eigenvalue weighted by molar-refractivity contribution is -0.140. The number of carbonyl (C=O) groups excluding carboxylic acids is 3. The van der Waals surface area contributed by atoms with E-state index < -0.39 is 102 Å². The molecule has 0 fully saturated rings. The number of benzene rings is 5. The van der Waals surface area contributed by atoms with Gasteiger partial charge in [0.25, 0.3) is 35.9 Å². The maximum absolute atomic E-state index is 14.4. The molecule has 1 aliphatic rings. The van der Waals surface area contributed by atoms with Crippen molar-refractivity contribution in [3.05, 3.63) is 141 Å². The number of hydrogen-bond acceptors (Lipinski definition) is 15. The molecular formula is C40H28N2O17S4. The van der Waals surface area contributed by atoms with E-state index in [1.165, 1.54) is 36.4 Å². The second-order valence-electron chi connectivity index (χ2n) is 13.6. The number of ketones is 3. The van der Waals surface area contributed by atoms with E-state index in [0.29, 0.717) is 12.0 Å². The fourth-order valence-corrected chi connectivity index (χ4v) is 9.27. The molecule has 23 heteroatoms. The van der Waals surface area contributed by atoms with Crippen LogP contribution in [0.15, 0.2) is 123 Å². The predicted molar refractivity (Wildman–Crippen MR) is 223 cm³/mol. The van der Waals surface area contributed by atoms with Crippen LogP contribution in [0.4, 0.5) is 11.4 Å². The van der Waals surface area contributed by atoms with E-state index in [-0.39, 0.29) is 56.7 Å². The third kappa shape index (κ3) is 8.89. The van der Waals surface area contributed by atoms with E-state index >= 15 is 0 Å². The molecule has 0 radical (unpaired) electrons. The number of Topliss-reactive ketones (excluding diaryl/α,β-unsaturated/α-hetero) is 1. The average Bonchev–Trinajstić information content (AvgIpc) is 3.22. The summed E-state index contributed by atoms with van der Waals surface area (Å²) in [5, 5.41) is 12.0. The minimum atomic E-state index is -5.28. The highest BCUT2D eigenvalue weighted by Gasteiger charge is 2.36. The van der Waals surface area contributed by atoms with E-state index in [1.807, 2.05) is 0 Å². The molecule has 19 nitrogen and oxygen atoms in total. The van der Waals surface area contributed by atoms with Crippen LogP contribution >= 0.6 is 12.0 Å². The summed E-state index contributed by atoms with van der Waals surface area (Å²) in [5.74, 6) is -6.35. The fourth-order valence-electron chi connectivity index (χ4n) is 6.91. The predicted octanol–water partition coefficient (Wildman–Crippen LogP) is 5.39. The van der Waals surface area contributed by atoms with Crippen molar-refractivity contribution in [2.75, 3.05) is 11.1 Å².